The van der Waals surface area contributed by atoms with Crippen LogP contribution < -0.4 is 15.0 Å². The molecule has 0 saturated heterocycles. The highest BCUT2D eigenvalue weighted by Crippen LogP contribution is 2.33. The normalized spacial score (nSPS) is 11.2. The number of ether oxygens (including phenoxy) is 1. The lowest BCUT2D eigenvalue weighted by Crippen LogP contribution is -2.16. The molecule has 3 rings (SSSR count). The van der Waals surface area contributed by atoms with Crippen molar-refractivity contribution in [3.8, 4) is 5.75 Å². The SMILES string of the molecule is CN(C)c1nc(Nc2ccc(OC(F)(F)F)cc2)sc1C(=O)c1ccncc1. The number of halogens is 3. The molecule has 10 heteroatoms. The second-order valence-corrected chi connectivity index (χ2v) is 6.83. The van der Waals surface area contributed by atoms with Gasteiger partial charge in [-0.3, -0.25) is 9.78 Å². The van der Waals surface area contributed by atoms with E-state index in [1.165, 1.54) is 36.7 Å². The van der Waals surface area contributed by atoms with Crippen molar-refractivity contribution in [1.82, 2.24) is 9.97 Å². The van der Waals surface area contributed by atoms with Gasteiger partial charge in [-0.05, 0) is 36.4 Å². The molecule has 28 heavy (non-hydrogen) atoms. The van der Waals surface area contributed by atoms with Crippen LogP contribution in [0.2, 0.25) is 0 Å². The summed E-state index contributed by atoms with van der Waals surface area (Å²) in [4.78, 5) is 23.3. The number of hydrogen-bond donors (Lipinski definition) is 1. The Kier molecular flexibility index (Phi) is 5.50. The lowest BCUT2D eigenvalue weighted by molar-refractivity contribution is -0.274. The van der Waals surface area contributed by atoms with Crippen LogP contribution in [0.5, 0.6) is 5.75 Å². The smallest absolute Gasteiger partial charge is 0.406 e. The topological polar surface area (TPSA) is 67.3 Å². The number of aromatic nitrogens is 2. The lowest BCUT2D eigenvalue weighted by Gasteiger charge is -2.10. The number of nitrogens with one attached hydrogen (secondary N) is 1. The van der Waals surface area contributed by atoms with Crippen LogP contribution in [0, 0.1) is 0 Å². The lowest BCUT2D eigenvalue weighted by atomic mass is 10.1. The first-order chi connectivity index (χ1) is 13.2. The summed E-state index contributed by atoms with van der Waals surface area (Å²) in [5, 5.41) is 3.43. The number of alkyl halides is 3. The van der Waals surface area contributed by atoms with Crippen LogP contribution in [0.25, 0.3) is 0 Å². The monoisotopic (exact) mass is 408 g/mol. The molecule has 0 amide bonds. The molecule has 146 valence electrons. The van der Waals surface area contributed by atoms with E-state index < -0.39 is 6.36 Å². The van der Waals surface area contributed by atoms with E-state index in [2.05, 4.69) is 20.0 Å². The third-order valence-corrected chi connectivity index (χ3v) is 4.48. The molecule has 0 saturated carbocycles. The quantitative estimate of drug-likeness (QED) is 0.607. The molecule has 0 atom stereocenters. The van der Waals surface area contributed by atoms with Gasteiger partial charge in [-0.15, -0.1) is 13.2 Å². The maximum atomic E-state index is 12.8. The molecule has 0 radical (unpaired) electrons. The van der Waals surface area contributed by atoms with Gasteiger partial charge in [-0.25, -0.2) is 4.98 Å². The van der Waals surface area contributed by atoms with Gasteiger partial charge in [-0.1, -0.05) is 11.3 Å². The number of benzene rings is 1. The van der Waals surface area contributed by atoms with E-state index in [-0.39, 0.29) is 11.5 Å². The Morgan fingerprint density at radius 1 is 1.11 bits per heavy atom. The Morgan fingerprint density at radius 3 is 2.32 bits per heavy atom. The number of anilines is 3. The molecule has 0 aliphatic rings. The zero-order valence-corrected chi connectivity index (χ0v) is 15.6. The highest BCUT2D eigenvalue weighted by atomic mass is 32.1. The summed E-state index contributed by atoms with van der Waals surface area (Å²) in [6, 6.07) is 8.49. The third kappa shape index (κ3) is 4.77. The Morgan fingerprint density at radius 2 is 1.75 bits per heavy atom. The van der Waals surface area contributed by atoms with Gasteiger partial charge in [0, 0.05) is 37.7 Å². The molecule has 2 aromatic heterocycles. The van der Waals surface area contributed by atoms with Gasteiger partial charge in [0.05, 0.1) is 0 Å². The number of carbonyl (C=O) groups excluding carboxylic acids is 1. The van der Waals surface area contributed by atoms with E-state index in [0.717, 1.165) is 11.3 Å². The number of ketones is 1. The van der Waals surface area contributed by atoms with Crippen LogP contribution in [-0.4, -0.2) is 36.2 Å². The van der Waals surface area contributed by atoms with E-state index >= 15 is 0 Å². The summed E-state index contributed by atoms with van der Waals surface area (Å²) < 4.78 is 40.6. The molecule has 1 N–H and O–H groups in total. The first kappa shape index (κ1) is 19.6. The van der Waals surface area contributed by atoms with E-state index in [9.17, 15) is 18.0 Å². The molecule has 0 aliphatic carbocycles. The Hall–Kier alpha value is -3.14. The standard InChI is InChI=1S/C18H15F3N4O2S/c1-25(2)16-15(14(26)11-7-9-22-10-8-11)28-17(24-16)23-12-3-5-13(6-4-12)27-18(19,20)21/h3-10H,1-2H3,(H,23,24). The van der Waals surface area contributed by atoms with E-state index in [1.807, 2.05) is 0 Å². The minimum absolute atomic E-state index is 0.189. The summed E-state index contributed by atoms with van der Waals surface area (Å²) >= 11 is 1.15. The summed E-state index contributed by atoms with van der Waals surface area (Å²) in [5.74, 6) is -0.0170. The average Bonchev–Trinajstić information content (AvgIpc) is 3.06. The number of hydrogen-bond acceptors (Lipinski definition) is 7. The molecule has 0 aliphatic heterocycles. The summed E-state index contributed by atoms with van der Waals surface area (Å²) in [6.45, 7) is 0. The predicted molar refractivity (Wildman–Crippen MR) is 101 cm³/mol. The Labute approximate surface area is 162 Å². The maximum absolute atomic E-state index is 12.8. The Bertz CT molecular complexity index is 957. The van der Waals surface area contributed by atoms with Crippen LogP contribution in [0.1, 0.15) is 15.2 Å². The van der Waals surface area contributed by atoms with Gasteiger partial charge in [0.25, 0.3) is 0 Å². The van der Waals surface area contributed by atoms with E-state index in [0.29, 0.717) is 27.1 Å². The minimum atomic E-state index is -4.74. The van der Waals surface area contributed by atoms with Crippen molar-refractivity contribution >= 4 is 33.8 Å². The van der Waals surface area contributed by atoms with Crippen molar-refractivity contribution in [3.05, 3.63) is 59.2 Å². The molecule has 2 heterocycles. The van der Waals surface area contributed by atoms with Crippen molar-refractivity contribution in [2.75, 3.05) is 24.3 Å². The molecule has 3 aromatic rings. The molecule has 0 spiro atoms. The molecule has 0 unspecified atom stereocenters. The largest absolute Gasteiger partial charge is 0.573 e. The van der Waals surface area contributed by atoms with Crippen molar-refractivity contribution in [3.63, 3.8) is 0 Å². The van der Waals surface area contributed by atoms with Crippen molar-refractivity contribution in [1.29, 1.82) is 0 Å². The number of thiazole rings is 1. The average molecular weight is 408 g/mol. The summed E-state index contributed by atoms with van der Waals surface area (Å²) in [6.07, 6.45) is -1.67. The van der Waals surface area contributed by atoms with Gasteiger partial charge < -0.3 is 15.0 Å². The fourth-order valence-electron chi connectivity index (χ4n) is 2.31. The van der Waals surface area contributed by atoms with Crippen molar-refractivity contribution in [2.45, 2.75) is 6.36 Å². The molecule has 0 bridgehead atoms. The molecular formula is C18H15F3N4O2S. The van der Waals surface area contributed by atoms with E-state index in [4.69, 9.17) is 0 Å². The zero-order valence-electron chi connectivity index (χ0n) is 14.8. The third-order valence-electron chi connectivity index (χ3n) is 3.52. The van der Waals surface area contributed by atoms with Crippen LogP contribution in [0.3, 0.4) is 0 Å². The second kappa shape index (κ2) is 7.85. The predicted octanol–water partition coefficient (Wildman–Crippen LogP) is 4.48. The zero-order chi connectivity index (χ0) is 20.3. The number of carbonyl (C=O) groups is 1. The molecule has 0 fully saturated rings. The number of rotatable bonds is 6. The van der Waals surface area contributed by atoms with Crippen LogP contribution >= 0.6 is 11.3 Å². The van der Waals surface area contributed by atoms with Gasteiger partial charge in [-0.2, -0.15) is 0 Å². The number of nitrogens with zero attached hydrogens (tertiary/aromatic N) is 3. The highest BCUT2D eigenvalue weighted by Gasteiger charge is 2.31. The van der Waals surface area contributed by atoms with E-state index in [1.54, 1.807) is 31.1 Å². The minimum Gasteiger partial charge on any atom is -0.406 e. The van der Waals surface area contributed by atoms with Gasteiger partial charge in [0.2, 0.25) is 5.78 Å². The fourth-order valence-corrected chi connectivity index (χ4v) is 3.34. The summed E-state index contributed by atoms with van der Waals surface area (Å²) in [5.41, 5.74) is 0.999. The van der Waals surface area contributed by atoms with Crippen LogP contribution in [0.4, 0.5) is 29.8 Å². The van der Waals surface area contributed by atoms with Crippen molar-refractivity contribution in [2.24, 2.45) is 0 Å². The fraction of sp³-hybridized carbons (Fsp3) is 0.167. The molecular weight excluding hydrogens is 393 g/mol. The van der Waals surface area contributed by atoms with Gasteiger partial charge in [0.1, 0.15) is 10.6 Å². The van der Waals surface area contributed by atoms with Gasteiger partial charge in [0.15, 0.2) is 10.9 Å². The number of pyridine rings is 1. The van der Waals surface area contributed by atoms with Gasteiger partial charge >= 0.3 is 6.36 Å². The summed E-state index contributed by atoms with van der Waals surface area (Å²) in [7, 11) is 3.54. The first-order valence-corrected chi connectivity index (χ1v) is 8.80. The Balaban J connectivity index is 1.82. The highest BCUT2D eigenvalue weighted by molar-refractivity contribution is 7.18. The maximum Gasteiger partial charge on any atom is 0.573 e. The van der Waals surface area contributed by atoms with Crippen molar-refractivity contribution < 1.29 is 22.7 Å². The van der Waals surface area contributed by atoms with Crippen LogP contribution in [0.15, 0.2) is 48.8 Å². The molecule has 6 nitrogen and oxygen atoms in total. The first-order valence-electron chi connectivity index (χ1n) is 7.98. The molecule has 1 aromatic carbocycles. The second-order valence-electron chi connectivity index (χ2n) is 5.83. The van der Waals surface area contributed by atoms with Crippen LogP contribution in [-0.2, 0) is 0 Å².